The lowest BCUT2D eigenvalue weighted by atomic mass is 10.2. The molecule has 84 valence electrons. The van der Waals surface area contributed by atoms with Crippen molar-refractivity contribution in [2.45, 2.75) is 33.1 Å². The molecule has 0 radical (unpaired) electrons. The molecule has 0 saturated heterocycles. The smallest absolute Gasteiger partial charge is 0.238 e. The molecule has 1 amide bonds. The zero-order chi connectivity index (χ0) is 11.3. The number of nitrogens with two attached hydrogens (primary N) is 1. The lowest BCUT2D eigenvalue weighted by molar-refractivity contribution is -0.117. The van der Waals surface area contributed by atoms with E-state index in [1.165, 1.54) is 0 Å². The second-order valence-corrected chi connectivity index (χ2v) is 3.73. The normalized spacial score (nSPS) is 10.3. The van der Waals surface area contributed by atoms with Crippen molar-refractivity contribution >= 4 is 5.91 Å². The average molecular weight is 209 g/mol. The molecule has 0 bridgehead atoms. The Kier molecular flexibility index (Phi) is 4.37. The third kappa shape index (κ3) is 3.40. The largest absolute Gasteiger partial charge is 0.330 e. The predicted octanol–water partition coefficient (Wildman–Crippen LogP) is 1.30. The van der Waals surface area contributed by atoms with Crippen molar-refractivity contribution in [3.63, 3.8) is 0 Å². The van der Waals surface area contributed by atoms with Crippen LogP contribution < -0.4 is 11.2 Å². The summed E-state index contributed by atoms with van der Waals surface area (Å²) in [5.41, 5.74) is 10.3. The van der Waals surface area contributed by atoms with Crippen molar-refractivity contribution in [3.8, 4) is 0 Å². The molecular formula is C11H19N3O. The van der Waals surface area contributed by atoms with E-state index in [9.17, 15) is 4.79 Å². The first-order chi connectivity index (χ1) is 7.15. The molecule has 0 fully saturated rings. The van der Waals surface area contributed by atoms with E-state index >= 15 is 0 Å². The molecule has 0 aliphatic rings. The topological polar surface area (TPSA) is 60.0 Å². The lowest BCUT2D eigenvalue weighted by Gasteiger charge is -2.10. The molecule has 0 saturated carbocycles. The summed E-state index contributed by atoms with van der Waals surface area (Å²) in [6, 6.07) is 3.96. The van der Waals surface area contributed by atoms with Gasteiger partial charge in [-0.25, -0.2) is 0 Å². The summed E-state index contributed by atoms with van der Waals surface area (Å²) in [5, 5.41) is 0. The molecule has 15 heavy (non-hydrogen) atoms. The molecule has 0 aliphatic carbocycles. The molecule has 1 aromatic rings. The molecule has 4 nitrogen and oxygen atoms in total. The molecule has 0 spiro atoms. The Labute approximate surface area is 90.4 Å². The van der Waals surface area contributed by atoms with E-state index in [4.69, 9.17) is 5.73 Å². The van der Waals surface area contributed by atoms with Crippen molar-refractivity contribution in [1.29, 1.82) is 0 Å². The maximum Gasteiger partial charge on any atom is 0.238 e. The molecule has 1 rings (SSSR count). The summed E-state index contributed by atoms with van der Waals surface area (Å²) >= 11 is 0. The summed E-state index contributed by atoms with van der Waals surface area (Å²) in [7, 11) is 0. The zero-order valence-corrected chi connectivity index (χ0v) is 9.42. The first kappa shape index (κ1) is 11.8. The maximum atomic E-state index is 11.5. The fourth-order valence-electron chi connectivity index (χ4n) is 1.46. The quantitative estimate of drug-likeness (QED) is 0.718. The second kappa shape index (κ2) is 5.56. The summed E-state index contributed by atoms with van der Waals surface area (Å²) in [6.45, 7) is 4.58. The van der Waals surface area contributed by atoms with Gasteiger partial charge in [0.2, 0.25) is 5.91 Å². The van der Waals surface area contributed by atoms with Gasteiger partial charge in [0, 0.05) is 17.8 Å². The third-order valence-electron chi connectivity index (χ3n) is 2.37. The summed E-state index contributed by atoms with van der Waals surface area (Å²) in [6.07, 6.45) is 2.28. The van der Waals surface area contributed by atoms with Gasteiger partial charge in [0.05, 0.1) is 0 Å². The van der Waals surface area contributed by atoms with Crippen LogP contribution in [0.4, 0.5) is 0 Å². The molecule has 0 aromatic carbocycles. The van der Waals surface area contributed by atoms with Gasteiger partial charge in [-0.15, -0.1) is 0 Å². The highest BCUT2D eigenvalue weighted by Crippen LogP contribution is 2.04. The molecule has 0 aliphatic heterocycles. The highest BCUT2D eigenvalue weighted by Gasteiger charge is 2.05. The fourth-order valence-corrected chi connectivity index (χ4v) is 1.46. The Balaban J connectivity index is 2.44. The second-order valence-electron chi connectivity index (χ2n) is 3.73. The van der Waals surface area contributed by atoms with Crippen LogP contribution in [0.1, 0.15) is 30.7 Å². The van der Waals surface area contributed by atoms with E-state index < -0.39 is 0 Å². The van der Waals surface area contributed by atoms with Crippen LogP contribution in [0, 0.1) is 13.8 Å². The van der Waals surface area contributed by atoms with Gasteiger partial charge < -0.3 is 5.73 Å². The van der Waals surface area contributed by atoms with Gasteiger partial charge in [0.1, 0.15) is 0 Å². The standard InChI is InChI=1S/C11H19N3O/c1-9-6-7-10(2)14(9)13-11(15)5-3-4-8-12/h6-7H,3-5,8,12H2,1-2H3,(H,13,15). The number of aryl methyl sites for hydroxylation is 2. The minimum atomic E-state index is 0.0471. The molecule has 0 unspecified atom stereocenters. The number of hydrogen-bond donors (Lipinski definition) is 2. The van der Waals surface area contributed by atoms with Crippen LogP contribution in [0.25, 0.3) is 0 Å². The Hall–Kier alpha value is -1.29. The van der Waals surface area contributed by atoms with Crippen LogP contribution in [0.3, 0.4) is 0 Å². The molecule has 3 N–H and O–H groups in total. The van der Waals surface area contributed by atoms with Crippen molar-refractivity contribution in [1.82, 2.24) is 4.68 Å². The maximum absolute atomic E-state index is 11.5. The number of nitrogens with zero attached hydrogens (tertiary/aromatic N) is 1. The fraction of sp³-hybridized carbons (Fsp3) is 0.545. The molecule has 1 aromatic heterocycles. The van der Waals surface area contributed by atoms with Gasteiger partial charge >= 0.3 is 0 Å². The highest BCUT2D eigenvalue weighted by molar-refractivity contribution is 5.83. The van der Waals surface area contributed by atoms with Gasteiger partial charge in [0.15, 0.2) is 0 Å². The van der Waals surface area contributed by atoms with Gasteiger partial charge in [-0.05, 0) is 45.4 Å². The molecule has 1 heterocycles. The number of unbranched alkanes of at least 4 members (excludes halogenated alkanes) is 1. The molecule has 0 atom stereocenters. The number of carbonyl (C=O) groups excluding carboxylic acids is 1. The minimum absolute atomic E-state index is 0.0471. The number of amides is 1. The number of aromatic nitrogens is 1. The Morgan fingerprint density at radius 3 is 2.47 bits per heavy atom. The summed E-state index contributed by atoms with van der Waals surface area (Å²) < 4.78 is 1.81. The van der Waals surface area contributed by atoms with Crippen LogP contribution in [-0.4, -0.2) is 17.1 Å². The van der Waals surface area contributed by atoms with Gasteiger partial charge in [-0.3, -0.25) is 14.9 Å². The van der Waals surface area contributed by atoms with E-state index in [1.807, 2.05) is 30.7 Å². The predicted molar refractivity (Wildman–Crippen MR) is 61.2 cm³/mol. The Bertz CT molecular complexity index is 311. The van der Waals surface area contributed by atoms with Crippen molar-refractivity contribution in [2.24, 2.45) is 5.73 Å². The number of rotatable bonds is 5. The van der Waals surface area contributed by atoms with E-state index in [2.05, 4.69) is 5.43 Å². The first-order valence-corrected chi connectivity index (χ1v) is 5.30. The summed E-state index contributed by atoms with van der Waals surface area (Å²) in [5.74, 6) is 0.0471. The van der Waals surface area contributed by atoms with Crippen LogP contribution in [0.5, 0.6) is 0 Å². The zero-order valence-electron chi connectivity index (χ0n) is 9.42. The van der Waals surface area contributed by atoms with E-state index in [0.717, 1.165) is 24.2 Å². The summed E-state index contributed by atoms with van der Waals surface area (Å²) in [4.78, 5) is 11.5. The van der Waals surface area contributed by atoms with Crippen molar-refractivity contribution in [2.75, 3.05) is 12.0 Å². The Morgan fingerprint density at radius 2 is 1.93 bits per heavy atom. The van der Waals surface area contributed by atoms with Crippen LogP contribution >= 0.6 is 0 Å². The average Bonchev–Trinajstić information content (AvgIpc) is 2.50. The molecule has 4 heteroatoms. The van der Waals surface area contributed by atoms with E-state index in [-0.39, 0.29) is 5.91 Å². The van der Waals surface area contributed by atoms with E-state index in [0.29, 0.717) is 13.0 Å². The van der Waals surface area contributed by atoms with Crippen molar-refractivity contribution < 1.29 is 4.79 Å². The van der Waals surface area contributed by atoms with Crippen molar-refractivity contribution in [3.05, 3.63) is 23.5 Å². The number of nitrogens with one attached hydrogen (secondary N) is 1. The number of hydrogen-bond acceptors (Lipinski definition) is 2. The number of carbonyl (C=O) groups is 1. The van der Waals surface area contributed by atoms with Crippen LogP contribution in [0.15, 0.2) is 12.1 Å². The molecular weight excluding hydrogens is 190 g/mol. The first-order valence-electron chi connectivity index (χ1n) is 5.30. The van der Waals surface area contributed by atoms with Gasteiger partial charge in [-0.2, -0.15) is 0 Å². The Morgan fingerprint density at radius 1 is 1.33 bits per heavy atom. The van der Waals surface area contributed by atoms with Crippen LogP contribution in [0.2, 0.25) is 0 Å². The van der Waals surface area contributed by atoms with E-state index in [1.54, 1.807) is 0 Å². The minimum Gasteiger partial charge on any atom is -0.330 e. The van der Waals surface area contributed by atoms with Gasteiger partial charge in [0.25, 0.3) is 0 Å². The van der Waals surface area contributed by atoms with Crippen LogP contribution in [-0.2, 0) is 4.79 Å². The third-order valence-corrected chi connectivity index (χ3v) is 2.37. The highest BCUT2D eigenvalue weighted by atomic mass is 16.2. The monoisotopic (exact) mass is 209 g/mol. The SMILES string of the molecule is Cc1ccc(C)n1NC(=O)CCCCN. The van der Waals surface area contributed by atoms with Gasteiger partial charge in [-0.1, -0.05) is 0 Å². The lowest BCUT2D eigenvalue weighted by Crippen LogP contribution is -2.24.